The summed E-state index contributed by atoms with van der Waals surface area (Å²) in [4.78, 5) is 24.1. The van der Waals surface area contributed by atoms with Gasteiger partial charge < -0.3 is 0 Å². The zero-order chi connectivity index (χ0) is 13.0. The predicted octanol–water partition coefficient (Wildman–Crippen LogP) is 1.92. The molecular formula is C13H14N4O. The van der Waals surface area contributed by atoms with E-state index in [0.717, 1.165) is 11.3 Å². The number of rotatable bonds is 3. The number of nitrogens with one attached hydrogen (secondary N) is 1. The number of pyridine rings is 1. The third-order valence-electron chi connectivity index (χ3n) is 2.61. The number of aryl methyl sites for hydroxylation is 1. The maximum Gasteiger partial charge on any atom is 0.234 e. The minimum atomic E-state index is -0.289. The lowest BCUT2D eigenvalue weighted by atomic mass is 10.0. The van der Waals surface area contributed by atoms with E-state index in [9.17, 15) is 4.79 Å². The summed E-state index contributed by atoms with van der Waals surface area (Å²) in [7, 11) is 0. The molecule has 18 heavy (non-hydrogen) atoms. The first-order valence-electron chi connectivity index (χ1n) is 5.67. The quantitative estimate of drug-likeness (QED) is 0.892. The smallest absolute Gasteiger partial charge is 0.234 e. The summed E-state index contributed by atoms with van der Waals surface area (Å²) in [6.07, 6.45) is 4.98. The zero-order valence-corrected chi connectivity index (χ0v) is 10.3. The van der Waals surface area contributed by atoms with Crippen LogP contribution in [0.25, 0.3) is 0 Å². The van der Waals surface area contributed by atoms with Crippen LogP contribution in [0.4, 0.5) is 5.95 Å². The van der Waals surface area contributed by atoms with Crippen molar-refractivity contribution in [2.75, 3.05) is 5.32 Å². The van der Waals surface area contributed by atoms with Gasteiger partial charge in [0, 0.05) is 24.3 Å². The highest BCUT2D eigenvalue weighted by Crippen LogP contribution is 2.15. The number of anilines is 1. The molecule has 0 unspecified atom stereocenters. The van der Waals surface area contributed by atoms with Gasteiger partial charge in [0.05, 0.1) is 5.92 Å². The van der Waals surface area contributed by atoms with Crippen molar-refractivity contribution in [2.24, 2.45) is 0 Å². The van der Waals surface area contributed by atoms with Crippen LogP contribution < -0.4 is 5.32 Å². The second-order valence-electron chi connectivity index (χ2n) is 4.02. The molecule has 0 fully saturated rings. The van der Waals surface area contributed by atoms with E-state index in [1.807, 2.05) is 26.0 Å². The fraction of sp³-hybridized carbons (Fsp3) is 0.231. The number of carbonyl (C=O) groups is 1. The first-order valence-corrected chi connectivity index (χ1v) is 5.67. The SMILES string of the molecule is Cc1ccnc(NC(=O)[C@@H](C)c2cccnc2)n1. The summed E-state index contributed by atoms with van der Waals surface area (Å²) < 4.78 is 0. The summed E-state index contributed by atoms with van der Waals surface area (Å²) in [5.74, 6) is -0.104. The molecule has 1 N–H and O–H groups in total. The van der Waals surface area contributed by atoms with Gasteiger partial charge in [0.2, 0.25) is 11.9 Å². The average molecular weight is 242 g/mol. The normalized spacial score (nSPS) is 11.9. The Bertz CT molecular complexity index is 542. The van der Waals surface area contributed by atoms with Crippen molar-refractivity contribution in [2.45, 2.75) is 19.8 Å². The second-order valence-corrected chi connectivity index (χ2v) is 4.02. The van der Waals surface area contributed by atoms with Crippen LogP contribution in [0.2, 0.25) is 0 Å². The van der Waals surface area contributed by atoms with Gasteiger partial charge in [-0.15, -0.1) is 0 Å². The number of hydrogen-bond donors (Lipinski definition) is 1. The van der Waals surface area contributed by atoms with Crippen LogP contribution >= 0.6 is 0 Å². The van der Waals surface area contributed by atoms with Crippen molar-refractivity contribution in [3.05, 3.63) is 48.0 Å². The number of amides is 1. The highest BCUT2D eigenvalue weighted by Gasteiger charge is 2.16. The molecule has 0 saturated carbocycles. The van der Waals surface area contributed by atoms with Crippen molar-refractivity contribution < 1.29 is 4.79 Å². The van der Waals surface area contributed by atoms with Gasteiger partial charge >= 0.3 is 0 Å². The lowest BCUT2D eigenvalue weighted by molar-refractivity contribution is -0.117. The van der Waals surface area contributed by atoms with E-state index >= 15 is 0 Å². The van der Waals surface area contributed by atoms with Crippen LogP contribution in [0.15, 0.2) is 36.8 Å². The summed E-state index contributed by atoms with van der Waals surface area (Å²) >= 11 is 0. The van der Waals surface area contributed by atoms with Crippen molar-refractivity contribution in [3.63, 3.8) is 0 Å². The van der Waals surface area contributed by atoms with Gasteiger partial charge in [0.15, 0.2) is 0 Å². The molecule has 5 heteroatoms. The largest absolute Gasteiger partial charge is 0.294 e. The molecule has 1 amide bonds. The Kier molecular flexibility index (Phi) is 3.62. The molecule has 1 atom stereocenters. The standard InChI is InChI=1S/C13H14N4O/c1-9-5-7-15-13(16-9)17-12(18)10(2)11-4-3-6-14-8-11/h3-8,10H,1-2H3,(H,15,16,17,18)/t10-/m0/s1. The number of aromatic nitrogens is 3. The van der Waals surface area contributed by atoms with Crippen LogP contribution in [0.1, 0.15) is 24.1 Å². The molecule has 2 rings (SSSR count). The van der Waals surface area contributed by atoms with Gasteiger partial charge in [-0.1, -0.05) is 6.07 Å². The summed E-state index contributed by atoms with van der Waals surface area (Å²) in [5.41, 5.74) is 1.68. The maximum atomic E-state index is 12.0. The Morgan fingerprint density at radius 2 is 2.17 bits per heavy atom. The molecule has 2 aromatic rings. The van der Waals surface area contributed by atoms with Crippen LogP contribution in [0, 0.1) is 6.92 Å². The van der Waals surface area contributed by atoms with E-state index in [1.165, 1.54) is 0 Å². The van der Waals surface area contributed by atoms with Gasteiger partial charge in [0.1, 0.15) is 0 Å². The summed E-state index contributed by atoms with van der Waals surface area (Å²) in [6.45, 7) is 3.67. The molecule has 0 aliphatic heterocycles. The highest BCUT2D eigenvalue weighted by atomic mass is 16.2. The molecule has 5 nitrogen and oxygen atoms in total. The van der Waals surface area contributed by atoms with Gasteiger partial charge in [-0.3, -0.25) is 15.1 Å². The molecule has 2 aromatic heterocycles. The van der Waals surface area contributed by atoms with E-state index in [0.29, 0.717) is 5.95 Å². The van der Waals surface area contributed by atoms with Gasteiger partial charge in [-0.05, 0) is 31.5 Å². The van der Waals surface area contributed by atoms with Crippen LogP contribution in [0.5, 0.6) is 0 Å². The Hall–Kier alpha value is -2.30. The Morgan fingerprint density at radius 1 is 1.33 bits per heavy atom. The number of carbonyl (C=O) groups excluding carboxylic acids is 1. The van der Waals surface area contributed by atoms with E-state index in [2.05, 4.69) is 20.3 Å². The van der Waals surface area contributed by atoms with Crippen molar-refractivity contribution in [1.82, 2.24) is 15.0 Å². The fourth-order valence-corrected chi connectivity index (χ4v) is 1.51. The Balaban J connectivity index is 2.09. The molecule has 0 aliphatic carbocycles. The monoisotopic (exact) mass is 242 g/mol. The molecule has 0 spiro atoms. The molecule has 0 radical (unpaired) electrons. The van der Waals surface area contributed by atoms with E-state index < -0.39 is 0 Å². The molecule has 2 heterocycles. The lowest BCUT2D eigenvalue weighted by Gasteiger charge is -2.11. The lowest BCUT2D eigenvalue weighted by Crippen LogP contribution is -2.20. The number of nitrogens with zero attached hydrogens (tertiary/aromatic N) is 3. The highest BCUT2D eigenvalue weighted by molar-refractivity contribution is 5.94. The second kappa shape index (κ2) is 5.35. The van der Waals surface area contributed by atoms with Crippen LogP contribution in [-0.4, -0.2) is 20.9 Å². The van der Waals surface area contributed by atoms with Crippen molar-refractivity contribution in [1.29, 1.82) is 0 Å². The van der Waals surface area contributed by atoms with Gasteiger partial charge in [0.25, 0.3) is 0 Å². The van der Waals surface area contributed by atoms with E-state index in [-0.39, 0.29) is 11.8 Å². The average Bonchev–Trinajstić information content (AvgIpc) is 2.39. The predicted molar refractivity (Wildman–Crippen MR) is 68.1 cm³/mol. The maximum absolute atomic E-state index is 12.0. The fourth-order valence-electron chi connectivity index (χ4n) is 1.51. The third-order valence-corrected chi connectivity index (χ3v) is 2.61. The summed E-state index contributed by atoms with van der Waals surface area (Å²) in [5, 5.41) is 2.69. The summed E-state index contributed by atoms with van der Waals surface area (Å²) in [6, 6.07) is 5.46. The van der Waals surface area contributed by atoms with Crippen molar-refractivity contribution in [3.8, 4) is 0 Å². The minimum Gasteiger partial charge on any atom is -0.294 e. The van der Waals surface area contributed by atoms with E-state index in [4.69, 9.17) is 0 Å². The molecule has 0 aromatic carbocycles. The Morgan fingerprint density at radius 3 is 2.83 bits per heavy atom. The van der Waals surface area contributed by atoms with Crippen molar-refractivity contribution >= 4 is 11.9 Å². The molecular weight excluding hydrogens is 228 g/mol. The topological polar surface area (TPSA) is 67.8 Å². The van der Waals surface area contributed by atoms with E-state index in [1.54, 1.807) is 24.7 Å². The Labute approximate surface area is 105 Å². The first-order chi connectivity index (χ1) is 8.66. The van der Waals surface area contributed by atoms with Gasteiger partial charge in [-0.25, -0.2) is 9.97 Å². The molecule has 0 aliphatic rings. The number of hydrogen-bond acceptors (Lipinski definition) is 4. The molecule has 0 saturated heterocycles. The molecule has 0 bridgehead atoms. The van der Waals surface area contributed by atoms with Crippen LogP contribution in [-0.2, 0) is 4.79 Å². The zero-order valence-electron chi connectivity index (χ0n) is 10.3. The minimum absolute atomic E-state index is 0.145. The van der Waals surface area contributed by atoms with Crippen LogP contribution in [0.3, 0.4) is 0 Å². The third kappa shape index (κ3) is 2.88. The molecule has 92 valence electrons. The first kappa shape index (κ1) is 12.2. The van der Waals surface area contributed by atoms with Gasteiger partial charge in [-0.2, -0.15) is 0 Å².